The van der Waals surface area contributed by atoms with Crippen molar-refractivity contribution in [2.75, 3.05) is 85.9 Å². The highest BCUT2D eigenvalue weighted by atomic mass is 35.5. The maximum absolute atomic E-state index is 13.8. The number of carbonyl (C=O) groups excluding carboxylic acids is 2. The van der Waals surface area contributed by atoms with Crippen LogP contribution in [0.25, 0.3) is 10.8 Å². The average Bonchev–Trinajstić information content (AvgIpc) is 3.32. The molecular weight excluding hydrogens is 867 g/mol. The number of aliphatic hydroxyl groups is 2. The number of amides is 2. The Bertz CT molecular complexity index is 2440. The number of pyridine rings is 2. The molecule has 4 aliphatic rings. The summed E-state index contributed by atoms with van der Waals surface area (Å²) in [6.07, 6.45) is 6.37. The molecule has 2 aromatic heterocycles. The average molecular weight is 926 g/mol. The van der Waals surface area contributed by atoms with Crippen LogP contribution in [0, 0.1) is 5.82 Å². The number of rotatable bonds is 14. The lowest BCUT2D eigenvalue weighted by molar-refractivity contribution is -0.117. The molecule has 4 aliphatic heterocycles. The largest absolute Gasteiger partial charge is 0.387 e. The number of fused-ring (bicyclic) bond motifs is 3. The molecule has 12 nitrogen and oxygen atoms in total. The second-order valence-corrected chi connectivity index (χ2v) is 18.3. The minimum atomic E-state index is -0.618. The Kier molecular flexibility index (Phi) is 15.8. The molecule has 9 rings (SSSR count). The van der Waals surface area contributed by atoms with Gasteiger partial charge in [0.05, 0.1) is 39.3 Å². The second kappa shape index (κ2) is 22.1. The van der Waals surface area contributed by atoms with Crippen molar-refractivity contribution in [2.24, 2.45) is 0 Å². The van der Waals surface area contributed by atoms with Crippen LogP contribution in [0.2, 0.25) is 10.0 Å². The van der Waals surface area contributed by atoms with Crippen LogP contribution in [-0.4, -0.2) is 107 Å². The molecule has 0 bridgehead atoms. The van der Waals surface area contributed by atoms with Gasteiger partial charge in [-0.05, 0) is 123 Å². The summed E-state index contributed by atoms with van der Waals surface area (Å²) >= 11 is 12.5. The zero-order chi connectivity index (χ0) is 45.3. The van der Waals surface area contributed by atoms with Gasteiger partial charge in [-0.3, -0.25) is 19.4 Å². The lowest BCUT2D eigenvalue weighted by Crippen LogP contribution is -2.46. The lowest BCUT2D eigenvalue weighted by Gasteiger charge is -2.36. The van der Waals surface area contributed by atoms with E-state index in [-0.39, 0.29) is 17.6 Å². The molecule has 15 heteroatoms. The fourth-order valence-electron chi connectivity index (χ4n) is 9.19. The maximum Gasteiger partial charge on any atom is 0.225 e. The number of carbonyl (C=O) groups is 2. The topological polar surface area (TPSA) is 137 Å². The Hall–Kier alpha value is -4.89. The second-order valence-electron chi connectivity index (χ2n) is 17.5. The first-order valence-corrected chi connectivity index (χ1v) is 23.9. The van der Waals surface area contributed by atoms with Gasteiger partial charge in [0.25, 0.3) is 0 Å². The van der Waals surface area contributed by atoms with Gasteiger partial charge in [0.1, 0.15) is 17.5 Å². The number of unbranched alkanes of at least 4 members (excludes halogenated alkanes) is 2. The molecular formula is C50H59Cl2FN8O4. The molecule has 5 aromatic rings. The minimum absolute atomic E-state index is 0.00984. The van der Waals surface area contributed by atoms with Crippen LogP contribution in [0.3, 0.4) is 0 Å². The summed E-state index contributed by atoms with van der Waals surface area (Å²) in [6, 6.07) is 24.6. The summed E-state index contributed by atoms with van der Waals surface area (Å²) in [7, 11) is 0. The van der Waals surface area contributed by atoms with E-state index in [2.05, 4.69) is 46.3 Å². The smallest absolute Gasteiger partial charge is 0.225 e. The van der Waals surface area contributed by atoms with Gasteiger partial charge in [0.2, 0.25) is 11.8 Å². The molecule has 0 spiro atoms. The highest BCUT2D eigenvalue weighted by Crippen LogP contribution is 2.34. The van der Waals surface area contributed by atoms with Gasteiger partial charge < -0.3 is 30.6 Å². The zero-order valence-electron chi connectivity index (χ0n) is 36.8. The van der Waals surface area contributed by atoms with Gasteiger partial charge in [0, 0.05) is 76.3 Å². The minimum Gasteiger partial charge on any atom is -0.387 e. The molecule has 2 atom stereocenters. The van der Waals surface area contributed by atoms with Crippen molar-refractivity contribution in [2.45, 2.75) is 76.4 Å². The van der Waals surface area contributed by atoms with E-state index in [1.165, 1.54) is 6.07 Å². The fourth-order valence-corrected chi connectivity index (χ4v) is 9.61. The number of aliphatic hydroxyl groups excluding tert-OH is 2. The van der Waals surface area contributed by atoms with Crippen molar-refractivity contribution < 1.29 is 24.2 Å². The first-order valence-electron chi connectivity index (χ1n) is 23.1. The molecule has 4 N–H and O–H groups in total. The number of hydrogen-bond acceptors (Lipinski definition) is 10. The number of aromatic nitrogens is 2. The van der Waals surface area contributed by atoms with Gasteiger partial charge >= 0.3 is 0 Å². The Morgan fingerprint density at radius 3 is 1.66 bits per heavy atom. The number of halogens is 3. The molecule has 344 valence electrons. The number of piperazine rings is 2. The van der Waals surface area contributed by atoms with Crippen molar-refractivity contribution in [3.05, 3.63) is 117 Å². The van der Waals surface area contributed by atoms with Crippen LogP contribution in [0.1, 0.15) is 86.1 Å². The molecule has 0 saturated carbocycles. The molecule has 0 radical (unpaired) electrons. The first kappa shape index (κ1) is 46.6. The summed E-state index contributed by atoms with van der Waals surface area (Å²) in [5, 5.41) is 29.9. The Morgan fingerprint density at radius 2 is 1.11 bits per heavy atom. The van der Waals surface area contributed by atoms with Crippen molar-refractivity contribution >= 4 is 68.8 Å². The third-order valence-corrected chi connectivity index (χ3v) is 13.8. The summed E-state index contributed by atoms with van der Waals surface area (Å²) < 4.78 is 13.8. The van der Waals surface area contributed by atoms with Crippen molar-refractivity contribution in [3.8, 4) is 0 Å². The number of anilines is 4. The third kappa shape index (κ3) is 12.1. The van der Waals surface area contributed by atoms with E-state index in [9.17, 15) is 24.2 Å². The van der Waals surface area contributed by atoms with Crippen LogP contribution in [-0.2, 0) is 22.4 Å². The summed E-state index contributed by atoms with van der Waals surface area (Å²) in [5.74, 6) is 0.977. The van der Waals surface area contributed by atoms with E-state index >= 15 is 0 Å². The molecule has 0 aliphatic carbocycles. The maximum atomic E-state index is 13.8. The van der Waals surface area contributed by atoms with Crippen molar-refractivity contribution in [3.63, 3.8) is 0 Å². The molecule has 6 heterocycles. The SMILES string of the molecule is O=C1CCc2ccc(C(O)CCCCN3CCN(c4cccc(Cl)c4Cl)CC3)nc2N1.O=C1CCc2ccc(C(O)CCCCN3CCN(c4cccc5ccc(F)cc45)CC3)nc2N1. The quantitative estimate of drug-likeness (QED) is 0.0802. The lowest BCUT2D eigenvalue weighted by atomic mass is 10.0. The number of nitrogens with one attached hydrogen (secondary N) is 2. The van der Waals surface area contributed by atoms with Crippen molar-refractivity contribution in [1.82, 2.24) is 19.8 Å². The highest BCUT2D eigenvalue weighted by Gasteiger charge is 2.23. The van der Waals surface area contributed by atoms with Crippen LogP contribution in [0.5, 0.6) is 0 Å². The van der Waals surface area contributed by atoms with Gasteiger partial charge in [-0.15, -0.1) is 0 Å². The van der Waals surface area contributed by atoms with Crippen LogP contribution in [0.15, 0.2) is 78.9 Å². The molecule has 2 fully saturated rings. The standard InChI is InChI=1S/C27H31FN4O2.C23H28Cl2N4O2/c28-21-10-7-19-4-3-5-24(22(19)18-21)32-16-14-31(15-17-32)13-2-1-6-25(33)23-11-8-20-9-12-26(34)30-27(20)29-23;24-17-4-3-5-19(22(17)25)29-14-12-28(13-15-29)11-2-1-6-20(30)18-9-7-16-8-10-21(31)27-23(16)26-18/h3-5,7-8,10-11,18,25,33H,1-2,6,9,12-17H2,(H,29,30,34);3-5,7,9,20,30H,1-2,6,8,10-15H2,(H,26,27,31). The van der Waals surface area contributed by atoms with Gasteiger partial charge in [-0.2, -0.15) is 0 Å². The van der Waals surface area contributed by atoms with Crippen LogP contribution < -0.4 is 20.4 Å². The van der Waals surface area contributed by atoms with E-state index in [1.807, 2.05) is 60.7 Å². The normalized spacial score (nSPS) is 17.7. The number of nitrogens with zero attached hydrogens (tertiary/aromatic N) is 6. The Labute approximate surface area is 390 Å². The predicted octanol–water partition coefficient (Wildman–Crippen LogP) is 8.58. The van der Waals surface area contributed by atoms with E-state index in [4.69, 9.17) is 23.2 Å². The Morgan fingerprint density at radius 1 is 0.600 bits per heavy atom. The Balaban J connectivity index is 0.000000178. The molecule has 2 unspecified atom stereocenters. The van der Waals surface area contributed by atoms with Gasteiger partial charge in [-0.1, -0.05) is 59.6 Å². The summed E-state index contributed by atoms with van der Waals surface area (Å²) in [6.45, 7) is 9.61. The van der Waals surface area contributed by atoms with E-state index < -0.39 is 12.2 Å². The molecule has 2 saturated heterocycles. The monoisotopic (exact) mass is 924 g/mol. The number of benzene rings is 3. The van der Waals surface area contributed by atoms with E-state index in [0.29, 0.717) is 71.6 Å². The number of hydrogen-bond donors (Lipinski definition) is 4. The first-order chi connectivity index (χ1) is 31.6. The zero-order valence-corrected chi connectivity index (χ0v) is 38.3. The third-order valence-electron chi connectivity index (χ3n) is 13.0. The molecule has 3 aromatic carbocycles. The van der Waals surface area contributed by atoms with E-state index in [1.54, 1.807) is 6.07 Å². The van der Waals surface area contributed by atoms with Gasteiger partial charge in [0.15, 0.2) is 0 Å². The van der Waals surface area contributed by atoms with Gasteiger partial charge in [-0.25, -0.2) is 14.4 Å². The molecule has 65 heavy (non-hydrogen) atoms. The van der Waals surface area contributed by atoms with Crippen LogP contribution >= 0.6 is 23.2 Å². The molecule has 2 amide bonds. The van der Waals surface area contributed by atoms with Crippen molar-refractivity contribution in [1.29, 1.82) is 0 Å². The highest BCUT2D eigenvalue weighted by molar-refractivity contribution is 6.43. The fraction of sp³-hybridized carbons (Fsp3) is 0.440. The van der Waals surface area contributed by atoms with E-state index in [0.717, 1.165) is 124 Å². The summed E-state index contributed by atoms with van der Waals surface area (Å²) in [5.41, 5.74) is 5.44. The number of aryl methyl sites for hydroxylation is 2. The summed E-state index contributed by atoms with van der Waals surface area (Å²) in [4.78, 5) is 41.7. The predicted molar refractivity (Wildman–Crippen MR) is 258 cm³/mol. The van der Waals surface area contributed by atoms with Crippen LogP contribution in [0.4, 0.5) is 27.4 Å².